The molecule has 0 bridgehead atoms. The molecule has 0 N–H and O–H groups in total. The van der Waals surface area contributed by atoms with Crippen LogP contribution in [0.5, 0.6) is 0 Å². The van der Waals surface area contributed by atoms with E-state index < -0.39 is 25.2 Å². The summed E-state index contributed by atoms with van der Waals surface area (Å²) in [5.41, 5.74) is 0.570. The highest BCUT2D eigenvalue weighted by Crippen LogP contribution is 2.28. The van der Waals surface area contributed by atoms with E-state index in [9.17, 15) is 22.4 Å². The number of unbranched alkanes of at least 4 members (excludes halogenated alkanes) is 1. The standard InChI is InChI=1S/C14H16F4OS/c15-12(16)10-14(17,18)8-4-5-9-20-13(19)11-6-2-1-3-7-11/h1-3,6-7,12H,4-5,8-10H2. The van der Waals surface area contributed by atoms with Crippen LogP contribution in [0, 0.1) is 0 Å². The van der Waals surface area contributed by atoms with Crippen molar-refractivity contribution >= 4 is 16.9 Å². The van der Waals surface area contributed by atoms with Crippen LogP contribution >= 0.6 is 11.8 Å². The van der Waals surface area contributed by atoms with Crippen molar-refractivity contribution < 1.29 is 22.4 Å². The number of alkyl halides is 4. The van der Waals surface area contributed by atoms with Crippen molar-refractivity contribution in [1.82, 2.24) is 0 Å². The summed E-state index contributed by atoms with van der Waals surface area (Å²) in [6, 6.07) is 8.67. The fourth-order valence-corrected chi connectivity index (χ4v) is 2.47. The van der Waals surface area contributed by atoms with Gasteiger partial charge in [0.2, 0.25) is 11.5 Å². The number of hydrogen-bond donors (Lipinski definition) is 0. The van der Waals surface area contributed by atoms with Gasteiger partial charge in [0.1, 0.15) is 0 Å². The zero-order chi connectivity index (χ0) is 15.0. The summed E-state index contributed by atoms with van der Waals surface area (Å²) < 4.78 is 49.7. The van der Waals surface area contributed by atoms with Crippen molar-refractivity contribution in [1.29, 1.82) is 0 Å². The van der Waals surface area contributed by atoms with Gasteiger partial charge in [-0.25, -0.2) is 17.6 Å². The summed E-state index contributed by atoms with van der Waals surface area (Å²) in [5.74, 6) is -2.90. The largest absolute Gasteiger partial charge is 0.282 e. The first kappa shape index (κ1) is 17.0. The van der Waals surface area contributed by atoms with Gasteiger partial charge in [0, 0.05) is 17.7 Å². The first-order valence-electron chi connectivity index (χ1n) is 6.29. The lowest BCUT2D eigenvalue weighted by Crippen LogP contribution is -2.19. The molecule has 0 unspecified atom stereocenters. The average Bonchev–Trinajstić information content (AvgIpc) is 2.37. The summed E-state index contributed by atoms with van der Waals surface area (Å²) in [6.07, 6.45) is -4.39. The molecule has 0 radical (unpaired) electrons. The zero-order valence-electron chi connectivity index (χ0n) is 10.8. The molecule has 0 heterocycles. The Morgan fingerprint density at radius 3 is 2.40 bits per heavy atom. The minimum Gasteiger partial charge on any atom is -0.282 e. The predicted molar refractivity (Wildman–Crippen MR) is 72.6 cm³/mol. The number of rotatable bonds is 8. The number of benzene rings is 1. The molecular formula is C14H16F4OS. The van der Waals surface area contributed by atoms with E-state index in [0.29, 0.717) is 17.7 Å². The molecule has 0 aliphatic carbocycles. The van der Waals surface area contributed by atoms with Crippen LogP contribution in [0.15, 0.2) is 30.3 Å². The lowest BCUT2D eigenvalue weighted by Gasteiger charge is -2.15. The Bertz CT molecular complexity index is 409. The summed E-state index contributed by atoms with van der Waals surface area (Å²) >= 11 is 1.06. The van der Waals surface area contributed by atoms with Gasteiger partial charge in [-0.1, -0.05) is 42.1 Å². The third-order valence-corrected chi connectivity index (χ3v) is 3.62. The third kappa shape index (κ3) is 6.93. The quantitative estimate of drug-likeness (QED) is 0.495. The Hall–Kier alpha value is -1.04. The topological polar surface area (TPSA) is 17.1 Å². The molecule has 1 aromatic rings. The lowest BCUT2D eigenvalue weighted by atomic mass is 10.1. The fourth-order valence-electron chi connectivity index (χ4n) is 1.64. The van der Waals surface area contributed by atoms with E-state index in [1.165, 1.54) is 0 Å². The Kier molecular flexibility index (Phi) is 7.05. The van der Waals surface area contributed by atoms with Gasteiger partial charge < -0.3 is 0 Å². The van der Waals surface area contributed by atoms with Crippen molar-refractivity contribution in [2.24, 2.45) is 0 Å². The van der Waals surface area contributed by atoms with E-state index in [0.717, 1.165) is 11.8 Å². The van der Waals surface area contributed by atoms with Crippen LogP contribution in [0.25, 0.3) is 0 Å². The second-order valence-corrected chi connectivity index (χ2v) is 5.48. The van der Waals surface area contributed by atoms with Crippen LogP contribution in [-0.2, 0) is 0 Å². The van der Waals surface area contributed by atoms with Crippen LogP contribution in [0.2, 0.25) is 0 Å². The van der Waals surface area contributed by atoms with Crippen molar-refractivity contribution in [2.45, 2.75) is 38.0 Å². The molecule has 0 aliphatic rings. The Labute approximate surface area is 119 Å². The van der Waals surface area contributed by atoms with Gasteiger partial charge in [-0.2, -0.15) is 0 Å². The summed E-state index contributed by atoms with van der Waals surface area (Å²) in [4.78, 5) is 11.7. The molecule has 0 aliphatic heterocycles. The smallest absolute Gasteiger partial charge is 0.253 e. The monoisotopic (exact) mass is 308 g/mol. The van der Waals surface area contributed by atoms with Crippen molar-refractivity contribution in [3.8, 4) is 0 Å². The minimum absolute atomic E-state index is 0.107. The Morgan fingerprint density at radius 2 is 1.80 bits per heavy atom. The van der Waals surface area contributed by atoms with E-state index in [1.54, 1.807) is 30.3 Å². The maximum Gasteiger partial charge on any atom is 0.253 e. The van der Waals surface area contributed by atoms with Crippen molar-refractivity contribution in [3.63, 3.8) is 0 Å². The second kappa shape index (κ2) is 8.29. The zero-order valence-corrected chi connectivity index (χ0v) is 11.6. The van der Waals surface area contributed by atoms with Gasteiger partial charge in [-0.15, -0.1) is 0 Å². The van der Waals surface area contributed by atoms with Gasteiger partial charge in [0.05, 0.1) is 6.42 Å². The molecule has 0 saturated carbocycles. The van der Waals surface area contributed by atoms with Crippen molar-refractivity contribution in [2.75, 3.05) is 5.75 Å². The van der Waals surface area contributed by atoms with E-state index in [4.69, 9.17) is 0 Å². The molecule has 0 amide bonds. The van der Waals surface area contributed by atoms with Gasteiger partial charge in [0.15, 0.2) is 0 Å². The molecule has 1 rings (SSSR count). The molecule has 6 heteroatoms. The van der Waals surface area contributed by atoms with Crippen LogP contribution in [0.4, 0.5) is 17.6 Å². The number of halogens is 4. The molecule has 0 fully saturated rings. The number of thioether (sulfide) groups is 1. The molecule has 0 saturated heterocycles. The fraction of sp³-hybridized carbons (Fsp3) is 0.500. The Balaban J connectivity index is 2.18. The van der Waals surface area contributed by atoms with Crippen LogP contribution in [0.1, 0.15) is 36.0 Å². The van der Waals surface area contributed by atoms with Crippen LogP contribution in [-0.4, -0.2) is 23.2 Å². The van der Waals surface area contributed by atoms with Crippen LogP contribution < -0.4 is 0 Å². The first-order valence-corrected chi connectivity index (χ1v) is 7.27. The number of carbonyl (C=O) groups is 1. The third-order valence-electron chi connectivity index (χ3n) is 2.63. The van der Waals surface area contributed by atoms with Gasteiger partial charge in [-0.3, -0.25) is 4.79 Å². The molecule has 0 atom stereocenters. The van der Waals surface area contributed by atoms with Gasteiger partial charge in [0.25, 0.3) is 5.92 Å². The molecule has 112 valence electrons. The van der Waals surface area contributed by atoms with E-state index in [-0.39, 0.29) is 11.5 Å². The second-order valence-electron chi connectivity index (χ2n) is 4.41. The van der Waals surface area contributed by atoms with Gasteiger partial charge in [-0.05, 0) is 12.8 Å². The molecule has 1 nitrogen and oxygen atoms in total. The van der Waals surface area contributed by atoms with Crippen molar-refractivity contribution in [3.05, 3.63) is 35.9 Å². The number of carbonyl (C=O) groups excluding carboxylic acids is 1. The number of hydrogen-bond acceptors (Lipinski definition) is 2. The van der Waals surface area contributed by atoms with Gasteiger partial charge >= 0.3 is 0 Å². The normalized spacial score (nSPS) is 11.8. The molecule has 1 aromatic carbocycles. The highest BCUT2D eigenvalue weighted by Gasteiger charge is 2.32. The minimum atomic E-state index is -3.32. The molecular weight excluding hydrogens is 292 g/mol. The molecule has 20 heavy (non-hydrogen) atoms. The van der Waals surface area contributed by atoms with E-state index >= 15 is 0 Å². The highest BCUT2D eigenvalue weighted by atomic mass is 32.2. The summed E-state index contributed by atoms with van der Waals surface area (Å²) in [6.45, 7) is 0. The molecule has 0 spiro atoms. The summed E-state index contributed by atoms with van der Waals surface area (Å²) in [7, 11) is 0. The SMILES string of the molecule is O=C(SCCCCC(F)(F)CC(F)F)c1ccccc1. The molecule has 0 aromatic heterocycles. The maximum atomic E-state index is 13.0. The predicted octanol–water partition coefficient (Wildman–Crippen LogP) is 5.02. The lowest BCUT2D eigenvalue weighted by molar-refractivity contribution is -0.0609. The Morgan fingerprint density at radius 1 is 1.15 bits per heavy atom. The summed E-state index contributed by atoms with van der Waals surface area (Å²) in [5, 5.41) is -0.107. The maximum absolute atomic E-state index is 13.0. The first-order chi connectivity index (χ1) is 9.41. The highest BCUT2D eigenvalue weighted by molar-refractivity contribution is 8.14. The van der Waals surface area contributed by atoms with E-state index in [2.05, 4.69) is 0 Å². The van der Waals surface area contributed by atoms with Crippen LogP contribution in [0.3, 0.4) is 0 Å². The van der Waals surface area contributed by atoms with E-state index in [1.807, 2.05) is 0 Å². The average molecular weight is 308 g/mol.